The van der Waals surface area contributed by atoms with Gasteiger partial charge in [-0.2, -0.15) is 0 Å². The van der Waals surface area contributed by atoms with E-state index in [1.54, 1.807) is 21.9 Å². The summed E-state index contributed by atoms with van der Waals surface area (Å²) in [7, 11) is -1.79. The molecule has 0 aromatic heterocycles. The molecule has 0 atom stereocenters. The molecule has 39 heavy (non-hydrogen) atoms. The Balaban J connectivity index is 1.35. The number of amides is 2. The standard InChI is InChI=1S/C31H49FN2O4Si/c1-29(2,3)37-28(36)33-18-15-31(16-19-33)17-20-34(27(31)35)26-14-11-23(21-25(26)32)22-9-12-24(13-10-22)38-39(7,8)30(4,5)6/h11,14,21-22,24H,9-10,12-13,15-20H2,1-8H3. The van der Waals surface area contributed by atoms with E-state index in [1.165, 1.54) is 0 Å². The van der Waals surface area contributed by atoms with Crippen LogP contribution >= 0.6 is 0 Å². The van der Waals surface area contributed by atoms with Gasteiger partial charge >= 0.3 is 6.09 Å². The van der Waals surface area contributed by atoms with Crippen molar-refractivity contribution >= 4 is 26.0 Å². The van der Waals surface area contributed by atoms with Crippen LogP contribution in [0, 0.1) is 11.2 Å². The van der Waals surface area contributed by atoms with Gasteiger partial charge in [-0.25, -0.2) is 9.18 Å². The quantitative estimate of drug-likeness (QED) is 0.355. The molecule has 1 spiro atoms. The van der Waals surface area contributed by atoms with Gasteiger partial charge in [-0.1, -0.05) is 26.8 Å². The molecule has 0 unspecified atom stereocenters. The molecule has 3 aliphatic rings. The number of hydrogen-bond acceptors (Lipinski definition) is 4. The highest BCUT2D eigenvalue weighted by Crippen LogP contribution is 2.45. The van der Waals surface area contributed by atoms with Crippen molar-refractivity contribution in [1.29, 1.82) is 0 Å². The predicted octanol–water partition coefficient (Wildman–Crippen LogP) is 7.63. The van der Waals surface area contributed by atoms with E-state index < -0.39 is 19.3 Å². The minimum absolute atomic E-state index is 0.0127. The molecule has 2 amide bonds. The van der Waals surface area contributed by atoms with Crippen LogP contribution in [0.3, 0.4) is 0 Å². The Morgan fingerprint density at radius 3 is 2.10 bits per heavy atom. The summed E-state index contributed by atoms with van der Waals surface area (Å²) in [5, 5.41) is 0.198. The fraction of sp³-hybridized carbons (Fsp3) is 0.742. The Labute approximate surface area is 235 Å². The lowest BCUT2D eigenvalue weighted by Crippen LogP contribution is -2.48. The molecule has 1 aromatic rings. The van der Waals surface area contributed by atoms with E-state index in [0.717, 1.165) is 31.2 Å². The Hall–Kier alpha value is -1.93. The lowest BCUT2D eigenvalue weighted by Gasteiger charge is -2.41. The minimum Gasteiger partial charge on any atom is -0.444 e. The number of piperidine rings is 1. The number of rotatable bonds is 4. The molecule has 1 saturated carbocycles. The summed E-state index contributed by atoms with van der Waals surface area (Å²) in [6.45, 7) is 18.5. The van der Waals surface area contributed by atoms with Crippen molar-refractivity contribution in [2.75, 3.05) is 24.5 Å². The lowest BCUT2D eigenvalue weighted by molar-refractivity contribution is -0.128. The number of likely N-dealkylation sites (tertiary alicyclic amines) is 1. The van der Waals surface area contributed by atoms with Gasteiger partial charge in [-0.3, -0.25) is 4.79 Å². The van der Waals surface area contributed by atoms with Crippen molar-refractivity contribution in [1.82, 2.24) is 4.90 Å². The predicted molar refractivity (Wildman–Crippen MR) is 156 cm³/mol. The number of carbonyl (C=O) groups is 2. The first kappa shape index (κ1) is 30.0. The highest BCUT2D eigenvalue weighted by Gasteiger charge is 2.50. The van der Waals surface area contributed by atoms with Gasteiger partial charge in [-0.05, 0) is 107 Å². The summed E-state index contributed by atoms with van der Waals surface area (Å²) >= 11 is 0. The molecular weight excluding hydrogens is 511 g/mol. The molecule has 0 radical (unpaired) electrons. The molecule has 0 N–H and O–H groups in total. The molecule has 2 saturated heterocycles. The Morgan fingerprint density at radius 2 is 1.56 bits per heavy atom. The zero-order chi connectivity index (χ0) is 28.8. The first-order valence-electron chi connectivity index (χ1n) is 14.8. The van der Waals surface area contributed by atoms with E-state index in [0.29, 0.717) is 56.6 Å². The lowest BCUT2D eigenvalue weighted by atomic mass is 9.77. The van der Waals surface area contributed by atoms with Gasteiger partial charge < -0.3 is 19.0 Å². The SMILES string of the molecule is CC(C)(C)OC(=O)N1CCC2(CC1)CCN(c1ccc(C3CCC(O[Si](C)(C)C(C)(C)C)CC3)cc1F)C2=O. The molecule has 4 rings (SSSR count). The van der Waals surface area contributed by atoms with Crippen molar-refractivity contribution in [3.05, 3.63) is 29.6 Å². The zero-order valence-electron chi connectivity index (χ0n) is 25.4. The van der Waals surface area contributed by atoms with E-state index in [1.807, 2.05) is 26.8 Å². The van der Waals surface area contributed by atoms with E-state index in [-0.39, 0.29) is 22.9 Å². The first-order valence-corrected chi connectivity index (χ1v) is 17.7. The van der Waals surface area contributed by atoms with Crippen LogP contribution in [0.1, 0.15) is 98.0 Å². The van der Waals surface area contributed by atoms with Crippen LogP contribution < -0.4 is 4.90 Å². The van der Waals surface area contributed by atoms with Crippen molar-refractivity contribution < 1.29 is 23.1 Å². The smallest absolute Gasteiger partial charge is 0.410 e. The summed E-state index contributed by atoms with van der Waals surface area (Å²) in [5.41, 5.74) is 0.332. The van der Waals surface area contributed by atoms with Crippen LogP contribution in [0.2, 0.25) is 18.1 Å². The maximum absolute atomic E-state index is 15.5. The second-order valence-corrected chi connectivity index (χ2v) is 19.3. The number of nitrogens with zero attached hydrogens (tertiary/aromatic N) is 2. The van der Waals surface area contributed by atoms with E-state index >= 15 is 4.39 Å². The molecule has 3 fully saturated rings. The van der Waals surface area contributed by atoms with Gasteiger partial charge in [0.15, 0.2) is 8.32 Å². The van der Waals surface area contributed by atoms with Gasteiger partial charge in [0, 0.05) is 25.7 Å². The Kier molecular flexibility index (Phi) is 8.32. The van der Waals surface area contributed by atoms with Gasteiger partial charge in [0.1, 0.15) is 11.4 Å². The van der Waals surface area contributed by atoms with Crippen molar-refractivity contribution in [2.24, 2.45) is 5.41 Å². The maximum Gasteiger partial charge on any atom is 0.410 e. The average Bonchev–Trinajstić information content (AvgIpc) is 3.13. The minimum atomic E-state index is -1.79. The van der Waals surface area contributed by atoms with Crippen LogP contribution in [-0.4, -0.2) is 56.6 Å². The average molecular weight is 561 g/mol. The first-order chi connectivity index (χ1) is 18.0. The number of benzene rings is 1. The second-order valence-electron chi connectivity index (χ2n) is 14.5. The van der Waals surface area contributed by atoms with Crippen LogP contribution in [0.4, 0.5) is 14.9 Å². The fourth-order valence-corrected chi connectivity index (χ4v) is 7.48. The molecule has 1 aromatic carbocycles. The molecular formula is C31H49FN2O4Si. The highest BCUT2D eigenvalue weighted by molar-refractivity contribution is 6.74. The molecule has 2 aliphatic heterocycles. The fourth-order valence-electron chi connectivity index (χ4n) is 6.06. The molecule has 6 nitrogen and oxygen atoms in total. The van der Waals surface area contributed by atoms with Crippen LogP contribution in [-0.2, 0) is 14.0 Å². The number of ether oxygens (including phenoxy) is 1. The third-order valence-corrected chi connectivity index (χ3v) is 14.1. The molecule has 1 aliphatic carbocycles. The van der Waals surface area contributed by atoms with E-state index in [2.05, 4.69) is 33.9 Å². The summed E-state index contributed by atoms with van der Waals surface area (Å²) in [4.78, 5) is 29.3. The van der Waals surface area contributed by atoms with E-state index in [4.69, 9.17) is 9.16 Å². The summed E-state index contributed by atoms with van der Waals surface area (Å²) in [6, 6.07) is 5.47. The highest BCUT2D eigenvalue weighted by atomic mass is 28.4. The maximum atomic E-state index is 15.5. The van der Waals surface area contributed by atoms with Crippen molar-refractivity contribution in [2.45, 2.75) is 122 Å². The normalized spacial score (nSPS) is 24.4. The van der Waals surface area contributed by atoms with Crippen molar-refractivity contribution in [3.8, 4) is 0 Å². The molecule has 8 heteroatoms. The van der Waals surface area contributed by atoms with Gasteiger partial charge in [0.2, 0.25) is 5.91 Å². The monoisotopic (exact) mass is 560 g/mol. The largest absolute Gasteiger partial charge is 0.444 e. The Bertz CT molecular complexity index is 1060. The molecule has 0 bridgehead atoms. The van der Waals surface area contributed by atoms with E-state index in [9.17, 15) is 9.59 Å². The van der Waals surface area contributed by atoms with Gasteiger partial charge in [-0.15, -0.1) is 0 Å². The molecule has 218 valence electrons. The zero-order valence-corrected chi connectivity index (χ0v) is 26.4. The summed E-state index contributed by atoms with van der Waals surface area (Å²) < 4.78 is 27.6. The van der Waals surface area contributed by atoms with Crippen LogP contribution in [0.15, 0.2) is 18.2 Å². The number of anilines is 1. The van der Waals surface area contributed by atoms with Crippen molar-refractivity contribution in [3.63, 3.8) is 0 Å². The number of hydrogen-bond donors (Lipinski definition) is 0. The Morgan fingerprint density at radius 1 is 0.974 bits per heavy atom. The molecule has 2 heterocycles. The van der Waals surface area contributed by atoms with Crippen LogP contribution in [0.5, 0.6) is 0 Å². The van der Waals surface area contributed by atoms with Crippen LogP contribution in [0.25, 0.3) is 0 Å². The second kappa shape index (κ2) is 10.8. The summed E-state index contributed by atoms with van der Waals surface area (Å²) in [6.07, 6.45) is 5.84. The summed E-state index contributed by atoms with van der Waals surface area (Å²) in [5.74, 6) is -0.00404. The van der Waals surface area contributed by atoms with Gasteiger partial charge in [0.05, 0.1) is 11.1 Å². The topological polar surface area (TPSA) is 59.1 Å². The number of carbonyl (C=O) groups excluding carboxylic acids is 2. The third-order valence-electron chi connectivity index (χ3n) is 9.56. The van der Waals surface area contributed by atoms with Gasteiger partial charge in [0.25, 0.3) is 0 Å². The third kappa shape index (κ3) is 6.53. The number of halogens is 1.